The fourth-order valence-electron chi connectivity index (χ4n) is 2.56. The Bertz CT molecular complexity index is 342. The smallest absolute Gasteiger partial charge is 0.104 e. The third-order valence-electron chi connectivity index (χ3n) is 3.71. The van der Waals surface area contributed by atoms with Crippen LogP contribution in [0.2, 0.25) is 0 Å². The normalized spacial score (nSPS) is 32.4. The minimum Gasteiger partial charge on any atom is -0.466 e. The van der Waals surface area contributed by atoms with E-state index < -0.39 is 0 Å². The van der Waals surface area contributed by atoms with Crippen LogP contribution in [0.3, 0.4) is 0 Å². The van der Waals surface area contributed by atoms with E-state index in [9.17, 15) is 0 Å². The molecule has 2 atom stereocenters. The van der Waals surface area contributed by atoms with Crippen LogP contribution >= 0.6 is 0 Å². The Morgan fingerprint density at radius 1 is 1.50 bits per heavy atom. The van der Waals surface area contributed by atoms with Gasteiger partial charge in [-0.3, -0.25) is 0 Å². The largest absolute Gasteiger partial charge is 0.466 e. The summed E-state index contributed by atoms with van der Waals surface area (Å²) in [4.78, 5) is 0. The van der Waals surface area contributed by atoms with E-state index in [1.165, 1.54) is 12.0 Å². The van der Waals surface area contributed by atoms with Gasteiger partial charge in [-0.2, -0.15) is 0 Å². The summed E-state index contributed by atoms with van der Waals surface area (Å²) in [5.74, 6) is 2.11. The molecule has 1 saturated heterocycles. The monoisotopic (exact) mass is 193 g/mol. The second-order valence-electron chi connectivity index (χ2n) is 4.67. The fourth-order valence-corrected chi connectivity index (χ4v) is 2.56. The van der Waals surface area contributed by atoms with Gasteiger partial charge >= 0.3 is 0 Å². The molecule has 1 N–H and O–H groups in total. The zero-order valence-corrected chi connectivity index (χ0v) is 9.48. The molecular weight excluding hydrogens is 174 g/mol. The van der Waals surface area contributed by atoms with Gasteiger partial charge in [0.2, 0.25) is 0 Å². The van der Waals surface area contributed by atoms with Crippen molar-refractivity contribution in [1.82, 2.24) is 5.32 Å². The molecule has 0 aromatic carbocycles. The maximum absolute atomic E-state index is 5.61. The highest BCUT2D eigenvalue weighted by molar-refractivity contribution is 5.32. The molecule has 2 heteroatoms. The Morgan fingerprint density at radius 3 is 2.64 bits per heavy atom. The molecule has 2 rings (SSSR count). The SMILES string of the molecule is Cc1cc(C2(C)CCNC2C)c(C)o1. The Kier molecular flexibility index (Phi) is 2.18. The molecule has 0 radical (unpaired) electrons. The Balaban J connectivity index is 2.42. The molecular formula is C12H19NO. The zero-order valence-electron chi connectivity index (χ0n) is 9.48. The number of nitrogens with one attached hydrogen (secondary N) is 1. The summed E-state index contributed by atoms with van der Waals surface area (Å²) in [7, 11) is 0. The first-order valence-corrected chi connectivity index (χ1v) is 5.35. The molecule has 0 bridgehead atoms. The van der Waals surface area contributed by atoms with E-state index >= 15 is 0 Å². The summed E-state index contributed by atoms with van der Waals surface area (Å²) in [6.07, 6.45) is 1.20. The maximum Gasteiger partial charge on any atom is 0.104 e. The van der Waals surface area contributed by atoms with Crippen molar-refractivity contribution in [2.45, 2.75) is 45.6 Å². The number of hydrogen-bond donors (Lipinski definition) is 1. The topological polar surface area (TPSA) is 25.2 Å². The van der Waals surface area contributed by atoms with Crippen LogP contribution in [0.25, 0.3) is 0 Å². The van der Waals surface area contributed by atoms with Crippen LogP contribution in [0.4, 0.5) is 0 Å². The van der Waals surface area contributed by atoms with Crippen molar-refractivity contribution in [2.75, 3.05) is 6.54 Å². The van der Waals surface area contributed by atoms with E-state index in [4.69, 9.17) is 4.42 Å². The molecule has 1 aliphatic heterocycles. The third kappa shape index (κ3) is 1.29. The molecule has 0 saturated carbocycles. The molecule has 0 amide bonds. The van der Waals surface area contributed by atoms with Gasteiger partial charge in [0.15, 0.2) is 0 Å². The van der Waals surface area contributed by atoms with Gasteiger partial charge in [-0.15, -0.1) is 0 Å². The Labute approximate surface area is 85.7 Å². The van der Waals surface area contributed by atoms with Gasteiger partial charge in [-0.05, 0) is 39.8 Å². The summed E-state index contributed by atoms with van der Waals surface area (Å²) in [5, 5.41) is 3.50. The van der Waals surface area contributed by atoms with Crippen LogP contribution in [-0.2, 0) is 5.41 Å². The van der Waals surface area contributed by atoms with Gasteiger partial charge in [0.1, 0.15) is 11.5 Å². The van der Waals surface area contributed by atoms with Gasteiger partial charge in [0.25, 0.3) is 0 Å². The highest BCUT2D eigenvalue weighted by Gasteiger charge is 2.39. The van der Waals surface area contributed by atoms with Crippen molar-refractivity contribution >= 4 is 0 Å². The number of aryl methyl sites for hydroxylation is 2. The number of rotatable bonds is 1. The molecule has 1 aromatic heterocycles. The van der Waals surface area contributed by atoms with Crippen LogP contribution in [0.1, 0.15) is 37.4 Å². The lowest BCUT2D eigenvalue weighted by molar-refractivity contribution is 0.412. The average Bonchev–Trinajstić information content (AvgIpc) is 2.59. The lowest BCUT2D eigenvalue weighted by atomic mass is 9.77. The van der Waals surface area contributed by atoms with Crippen molar-refractivity contribution in [3.05, 3.63) is 23.2 Å². The van der Waals surface area contributed by atoms with E-state index in [1.54, 1.807) is 0 Å². The van der Waals surface area contributed by atoms with Crippen LogP contribution in [0.5, 0.6) is 0 Å². The summed E-state index contributed by atoms with van der Waals surface area (Å²) in [6.45, 7) is 9.79. The summed E-state index contributed by atoms with van der Waals surface area (Å²) in [6, 6.07) is 2.73. The van der Waals surface area contributed by atoms with Crippen molar-refractivity contribution in [3.8, 4) is 0 Å². The van der Waals surface area contributed by atoms with Gasteiger partial charge < -0.3 is 9.73 Å². The number of furan rings is 1. The molecule has 78 valence electrons. The second-order valence-corrected chi connectivity index (χ2v) is 4.67. The first-order valence-electron chi connectivity index (χ1n) is 5.35. The van der Waals surface area contributed by atoms with Crippen LogP contribution in [0, 0.1) is 13.8 Å². The zero-order chi connectivity index (χ0) is 10.3. The number of hydrogen-bond acceptors (Lipinski definition) is 2. The lowest BCUT2D eigenvalue weighted by Crippen LogP contribution is -2.35. The summed E-state index contributed by atoms with van der Waals surface area (Å²) < 4.78 is 5.61. The average molecular weight is 193 g/mol. The van der Waals surface area contributed by atoms with Crippen molar-refractivity contribution in [3.63, 3.8) is 0 Å². The molecule has 2 nitrogen and oxygen atoms in total. The minimum absolute atomic E-state index is 0.252. The summed E-state index contributed by atoms with van der Waals surface area (Å²) in [5.41, 5.74) is 1.63. The quantitative estimate of drug-likeness (QED) is 0.741. The van der Waals surface area contributed by atoms with Crippen LogP contribution in [0.15, 0.2) is 10.5 Å². The molecule has 1 fully saturated rings. The lowest BCUT2D eigenvalue weighted by Gasteiger charge is -2.28. The van der Waals surface area contributed by atoms with Crippen molar-refractivity contribution in [1.29, 1.82) is 0 Å². The standard InChI is InChI=1S/C12H19NO/c1-8-7-11(9(2)14-8)12(4)5-6-13-10(12)3/h7,10,13H,5-6H2,1-4H3. The maximum atomic E-state index is 5.61. The van der Waals surface area contributed by atoms with Gasteiger partial charge in [0, 0.05) is 17.0 Å². The molecule has 1 aromatic rings. The molecule has 1 aliphatic rings. The molecule has 0 spiro atoms. The highest BCUT2D eigenvalue weighted by Crippen LogP contribution is 2.37. The molecule has 2 heterocycles. The molecule has 2 unspecified atom stereocenters. The van der Waals surface area contributed by atoms with Crippen molar-refractivity contribution < 1.29 is 4.42 Å². The molecule has 14 heavy (non-hydrogen) atoms. The predicted molar refractivity (Wildman–Crippen MR) is 57.6 cm³/mol. The van der Waals surface area contributed by atoms with Gasteiger partial charge in [0.05, 0.1) is 0 Å². The first-order chi connectivity index (χ1) is 6.54. The minimum atomic E-state index is 0.252. The highest BCUT2D eigenvalue weighted by atomic mass is 16.3. The third-order valence-corrected chi connectivity index (χ3v) is 3.71. The van der Waals surface area contributed by atoms with Gasteiger partial charge in [-0.1, -0.05) is 6.92 Å². The second kappa shape index (κ2) is 3.13. The van der Waals surface area contributed by atoms with Crippen LogP contribution in [-0.4, -0.2) is 12.6 Å². The van der Waals surface area contributed by atoms with Crippen molar-refractivity contribution in [2.24, 2.45) is 0 Å². The van der Waals surface area contributed by atoms with E-state index in [2.05, 4.69) is 32.2 Å². The molecule has 0 aliphatic carbocycles. The Hall–Kier alpha value is -0.760. The fraction of sp³-hybridized carbons (Fsp3) is 0.667. The first kappa shape index (κ1) is 9.78. The van der Waals surface area contributed by atoms with E-state index in [-0.39, 0.29) is 5.41 Å². The van der Waals surface area contributed by atoms with Crippen LogP contribution < -0.4 is 5.32 Å². The van der Waals surface area contributed by atoms with E-state index in [0.29, 0.717) is 6.04 Å². The predicted octanol–water partition coefficient (Wildman–Crippen LogP) is 2.54. The Morgan fingerprint density at radius 2 is 2.21 bits per heavy atom. The van der Waals surface area contributed by atoms with Gasteiger partial charge in [-0.25, -0.2) is 0 Å². The van der Waals surface area contributed by atoms with E-state index in [1.807, 2.05) is 6.92 Å². The van der Waals surface area contributed by atoms with E-state index in [0.717, 1.165) is 18.1 Å². The summed E-state index contributed by atoms with van der Waals surface area (Å²) >= 11 is 0.